The summed E-state index contributed by atoms with van der Waals surface area (Å²) in [4.78, 5) is 22.8. The number of carboxylic acid groups (broad SMARTS) is 1. The summed E-state index contributed by atoms with van der Waals surface area (Å²) in [7, 11) is 0. The smallest absolute Gasteiger partial charge is 0.312 e. The lowest BCUT2D eigenvalue weighted by Crippen LogP contribution is -2.38. The molecule has 1 atom stereocenters. The maximum atomic E-state index is 12.0. The fraction of sp³-hybridized carbons (Fsp3) is 0.846. The highest BCUT2D eigenvalue weighted by molar-refractivity contribution is 5.82. The van der Waals surface area contributed by atoms with Gasteiger partial charge in [-0.25, -0.2) is 0 Å². The molecule has 4 nitrogen and oxygen atoms in total. The molecule has 0 bridgehead atoms. The van der Waals surface area contributed by atoms with E-state index in [2.05, 4.69) is 0 Å². The van der Waals surface area contributed by atoms with Gasteiger partial charge in [-0.1, -0.05) is 34.6 Å². The summed E-state index contributed by atoms with van der Waals surface area (Å²) in [6.07, 6.45) is -0.201. The monoisotopic (exact) mass is 244 g/mol. The predicted molar refractivity (Wildman–Crippen MR) is 65.6 cm³/mol. The highest BCUT2D eigenvalue weighted by atomic mass is 16.5. The number of rotatable bonds is 5. The fourth-order valence-corrected chi connectivity index (χ4v) is 1.27. The number of carbonyl (C=O) groups excluding carboxylic acids is 1. The van der Waals surface area contributed by atoms with Gasteiger partial charge in [-0.3, -0.25) is 9.59 Å². The summed E-state index contributed by atoms with van der Waals surface area (Å²) >= 11 is 0. The Balaban J connectivity index is 4.72. The van der Waals surface area contributed by atoms with Gasteiger partial charge in [-0.2, -0.15) is 0 Å². The Morgan fingerprint density at radius 2 is 1.65 bits per heavy atom. The zero-order chi connectivity index (χ0) is 13.9. The van der Waals surface area contributed by atoms with Gasteiger partial charge in [0.25, 0.3) is 0 Å². The van der Waals surface area contributed by atoms with Crippen LogP contribution in [0.25, 0.3) is 0 Å². The summed E-state index contributed by atoms with van der Waals surface area (Å²) in [5.41, 5.74) is -1.08. The predicted octanol–water partition coefficient (Wildman–Crippen LogP) is 2.71. The van der Waals surface area contributed by atoms with Crippen molar-refractivity contribution in [3.05, 3.63) is 0 Å². The van der Waals surface area contributed by atoms with Gasteiger partial charge in [0.2, 0.25) is 0 Å². The molecule has 1 unspecified atom stereocenters. The Hall–Kier alpha value is -1.06. The van der Waals surface area contributed by atoms with E-state index in [4.69, 9.17) is 9.84 Å². The molecule has 1 N–H and O–H groups in total. The van der Waals surface area contributed by atoms with E-state index in [1.54, 1.807) is 6.92 Å². The summed E-state index contributed by atoms with van der Waals surface area (Å²) in [5, 5.41) is 8.87. The van der Waals surface area contributed by atoms with Crippen LogP contribution in [0.4, 0.5) is 0 Å². The average Bonchev–Trinajstić information content (AvgIpc) is 2.11. The quantitative estimate of drug-likeness (QED) is 0.755. The van der Waals surface area contributed by atoms with Crippen molar-refractivity contribution in [2.75, 3.05) is 6.61 Å². The van der Waals surface area contributed by atoms with Crippen LogP contribution < -0.4 is 0 Å². The van der Waals surface area contributed by atoms with Gasteiger partial charge in [0.05, 0.1) is 18.4 Å². The molecule has 0 amide bonds. The van der Waals surface area contributed by atoms with Crippen LogP contribution >= 0.6 is 0 Å². The first-order valence-corrected chi connectivity index (χ1v) is 5.88. The maximum Gasteiger partial charge on any atom is 0.312 e. The number of aliphatic carboxylic acids is 1. The van der Waals surface area contributed by atoms with Crippen LogP contribution in [-0.4, -0.2) is 23.7 Å². The molecule has 0 aromatic carbocycles. The second-order valence-corrected chi connectivity index (χ2v) is 6.28. The van der Waals surface area contributed by atoms with Crippen molar-refractivity contribution in [2.24, 2.45) is 16.7 Å². The highest BCUT2D eigenvalue weighted by Crippen LogP contribution is 2.33. The Kier molecular flexibility index (Phi) is 5.17. The molecule has 17 heavy (non-hydrogen) atoms. The number of carbonyl (C=O) groups is 2. The molecule has 0 fully saturated rings. The first-order chi connectivity index (χ1) is 7.49. The van der Waals surface area contributed by atoms with Crippen molar-refractivity contribution in [3.8, 4) is 0 Å². The number of carboxylic acids is 1. The average molecular weight is 244 g/mol. The zero-order valence-electron chi connectivity index (χ0n) is 11.7. The summed E-state index contributed by atoms with van der Waals surface area (Å²) in [5.74, 6) is -1.48. The summed E-state index contributed by atoms with van der Waals surface area (Å²) in [6.45, 7) is 11.5. The van der Waals surface area contributed by atoms with Crippen LogP contribution in [0.5, 0.6) is 0 Å². The molecule has 100 valence electrons. The van der Waals surface area contributed by atoms with E-state index in [1.807, 2.05) is 34.6 Å². The van der Waals surface area contributed by atoms with Crippen LogP contribution in [0.15, 0.2) is 0 Å². The third kappa shape index (κ3) is 5.20. The summed E-state index contributed by atoms with van der Waals surface area (Å²) < 4.78 is 5.23. The van der Waals surface area contributed by atoms with Gasteiger partial charge >= 0.3 is 11.9 Å². The Morgan fingerprint density at radius 1 is 1.18 bits per heavy atom. The molecular formula is C13H24O4. The number of hydrogen-bond donors (Lipinski definition) is 1. The first-order valence-electron chi connectivity index (χ1n) is 5.88. The van der Waals surface area contributed by atoms with Crippen molar-refractivity contribution in [2.45, 2.75) is 48.0 Å². The standard InChI is InChI=1S/C13H24O4/c1-9(2)13(6,7-10(14)15)11(16)17-8-12(3,4)5/h9H,7-8H2,1-6H3,(H,14,15). The molecule has 0 aliphatic carbocycles. The number of hydrogen-bond acceptors (Lipinski definition) is 3. The second kappa shape index (κ2) is 5.52. The zero-order valence-corrected chi connectivity index (χ0v) is 11.7. The fourth-order valence-electron chi connectivity index (χ4n) is 1.27. The Morgan fingerprint density at radius 3 is 1.94 bits per heavy atom. The normalized spacial score (nSPS) is 15.5. The Labute approximate surface area is 103 Å². The third-order valence-electron chi connectivity index (χ3n) is 2.90. The van der Waals surface area contributed by atoms with E-state index in [-0.39, 0.29) is 17.8 Å². The van der Waals surface area contributed by atoms with E-state index < -0.39 is 17.4 Å². The minimum absolute atomic E-state index is 0.0777. The van der Waals surface area contributed by atoms with Crippen molar-refractivity contribution in [1.29, 1.82) is 0 Å². The molecule has 0 aromatic rings. The molecule has 0 spiro atoms. The SMILES string of the molecule is CC(C)C(C)(CC(=O)O)C(=O)OCC(C)(C)C. The molecule has 0 aliphatic rings. The van der Waals surface area contributed by atoms with E-state index >= 15 is 0 Å². The topological polar surface area (TPSA) is 63.6 Å². The van der Waals surface area contributed by atoms with E-state index in [9.17, 15) is 9.59 Å². The maximum absolute atomic E-state index is 12.0. The van der Waals surface area contributed by atoms with E-state index in [0.29, 0.717) is 6.61 Å². The minimum atomic E-state index is -0.978. The molecule has 0 heterocycles. The number of esters is 1. The molecule has 0 radical (unpaired) electrons. The first kappa shape index (κ1) is 15.9. The second-order valence-electron chi connectivity index (χ2n) is 6.28. The van der Waals surface area contributed by atoms with Crippen LogP contribution in [0.1, 0.15) is 48.0 Å². The minimum Gasteiger partial charge on any atom is -0.481 e. The van der Waals surface area contributed by atoms with Crippen LogP contribution in [-0.2, 0) is 14.3 Å². The third-order valence-corrected chi connectivity index (χ3v) is 2.90. The van der Waals surface area contributed by atoms with Gasteiger partial charge in [-0.05, 0) is 18.3 Å². The van der Waals surface area contributed by atoms with Gasteiger partial charge in [0, 0.05) is 0 Å². The number of ether oxygens (including phenoxy) is 1. The lowest BCUT2D eigenvalue weighted by Gasteiger charge is -2.31. The highest BCUT2D eigenvalue weighted by Gasteiger charge is 2.40. The van der Waals surface area contributed by atoms with Crippen molar-refractivity contribution in [1.82, 2.24) is 0 Å². The van der Waals surface area contributed by atoms with Gasteiger partial charge < -0.3 is 9.84 Å². The van der Waals surface area contributed by atoms with Crippen LogP contribution in [0.2, 0.25) is 0 Å². The molecule has 0 aromatic heterocycles. The molecule has 0 aliphatic heterocycles. The van der Waals surface area contributed by atoms with Crippen LogP contribution in [0, 0.1) is 16.7 Å². The van der Waals surface area contributed by atoms with Crippen molar-refractivity contribution in [3.63, 3.8) is 0 Å². The largest absolute Gasteiger partial charge is 0.481 e. The van der Waals surface area contributed by atoms with Crippen molar-refractivity contribution >= 4 is 11.9 Å². The molecule has 0 saturated carbocycles. The van der Waals surface area contributed by atoms with Crippen LogP contribution in [0.3, 0.4) is 0 Å². The molecule has 0 rings (SSSR count). The van der Waals surface area contributed by atoms with Gasteiger partial charge in [-0.15, -0.1) is 0 Å². The molecule has 4 heteroatoms. The summed E-state index contributed by atoms with van der Waals surface area (Å²) in [6, 6.07) is 0. The van der Waals surface area contributed by atoms with E-state index in [1.165, 1.54) is 0 Å². The Bertz CT molecular complexity index is 288. The van der Waals surface area contributed by atoms with Gasteiger partial charge in [0.15, 0.2) is 0 Å². The molecular weight excluding hydrogens is 220 g/mol. The lowest BCUT2D eigenvalue weighted by molar-refractivity contribution is -0.165. The molecule has 0 saturated heterocycles. The van der Waals surface area contributed by atoms with Gasteiger partial charge in [0.1, 0.15) is 0 Å². The van der Waals surface area contributed by atoms with E-state index in [0.717, 1.165) is 0 Å². The lowest BCUT2D eigenvalue weighted by atomic mass is 9.76. The van der Waals surface area contributed by atoms with Crippen molar-refractivity contribution < 1.29 is 19.4 Å².